The molecule has 74 valence electrons. The molecule has 0 saturated heterocycles. The monoisotopic (exact) mass is 190 g/mol. The van der Waals surface area contributed by atoms with E-state index in [0.717, 1.165) is 22.8 Å². The highest BCUT2D eigenvalue weighted by molar-refractivity contribution is 6.09. The third kappa shape index (κ3) is 3.67. The maximum absolute atomic E-state index is 6.01. The summed E-state index contributed by atoms with van der Waals surface area (Å²) in [5.74, 6) is 0. The molecule has 0 aromatic carbocycles. The average molecular weight is 190 g/mol. The van der Waals surface area contributed by atoms with Gasteiger partial charge in [0.15, 0.2) is 0 Å². The van der Waals surface area contributed by atoms with Crippen molar-refractivity contribution in [2.75, 3.05) is 20.7 Å². The van der Waals surface area contributed by atoms with Crippen LogP contribution in [0.1, 0.15) is 13.8 Å². The van der Waals surface area contributed by atoms with Gasteiger partial charge in [-0.1, -0.05) is 0 Å². The molecular formula is C8H22N2OSi. The predicted molar refractivity (Wildman–Crippen MR) is 56.4 cm³/mol. The zero-order chi connectivity index (χ0) is 9.78. The summed E-state index contributed by atoms with van der Waals surface area (Å²) >= 11 is 0. The van der Waals surface area contributed by atoms with Crippen LogP contribution in [-0.4, -0.2) is 47.6 Å². The van der Waals surface area contributed by atoms with Gasteiger partial charge in [0.1, 0.15) is 5.72 Å². The maximum atomic E-state index is 6.01. The summed E-state index contributed by atoms with van der Waals surface area (Å²) in [7, 11) is 4.84. The molecule has 0 heterocycles. The second-order valence-corrected chi connectivity index (χ2v) is 4.34. The number of methoxy groups -OCH3 is 1. The van der Waals surface area contributed by atoms with Crippen molar-refractivity contribution < 1.29 is 4.74 Å². The molecule has 0 aromatic heterocycles. The summed E-state index contributed by atoms with van der Waals surface area (Å²) in [6.45, 7) is 5.12. The molecule has 0 saturated carbocycles. The molecule has 0 bridgehead atoms. The molecule has 0 aliphatic carbocycles. The third-order valence-electron chi connectivity index (χ3n) is 2.40. The summed E-state index contributed by atoms with van der Waals surface area (Å²) in [6.07, 6.45) is 0. The van der Waals surface area contributed by atoms with Crippen LogP contribution in [0.25, 0.3) is 0 Å². The first-order chi connectivity index (χ1) is 5.45. The Bertz CT molecular complexity index is 126. The van der Waals surface area contributed by atoms with Crippen molar-refractivity contribution >= 4 is 10.2 Å². The largest absolute Gasteiger partial charge is 0.363 e. The van der Waals surface area contributed by atoms with Crippen LogP contribution >= 0.6 is 0 Å². The second kappa shape index (κ2) is 4.96. The summed E-state index contributed by atoms with van der Waals surface area (Å²) in [5.41, 5.74) is 5.58. The first-order valence-electron chi connectivity index (χ1n) is 4.49. The van der Waals surface area contributed by atoms with E-state index in [2.05, 4.69) is 25.8 Å². The smallest absolute Gasteiger partial charge is 0.125 e. The van der Waals surface area contributed by atoms with Gasteiger partial charge in [0.2, 0.25) is 0 Å². The molecule has 0 aliphatic rings. The molecule has 0 fully saturated rings. The van der Waals surface area contributed by atoms with Crippen molar-refractivity contribution in [1.29, 1.82) is 0 Å². The van der Waals surface area contributed by atoms with E-state index in [1.807, 2.05) is 0 Å². The minimum absolute atomic E-state index is 0.425. The molecular weight excluding hydrogens is 168 g/mol. The zero-order valence-electron chi connectivity index (χ0n) is 8.92. The molecule has 12 heavy (non-hydrogen) atoms. The van der Waals surface area contributed by atoms with Gasteiger partial charge < -0.3 is 10.5 Å². The maximum Gasteiger partial charge on any atom is 0.125 e. The minimum atomic E-state index is -0.425. The molecule has 3 nitrogen and oxygen atoms in total. The van der Waals surface area contributed by atoms with Crippen molar-refractivity contribution in [1.82, 2.24) is 4.90 Å². The Labute approximate surface area is 78.7 Å². The van der Waals surface area contributed by atoms with E-state index < -0.39 is 5.72 Å². The Morgan fingerprint density at radius 3 is 2.33 bits per heavy atom. The normalized spacial score (nSPS) is 17.2. The van der Waals surface area contributed by atoms with Crippen LogP contribution in [0.4, 0.5) is 0 Å². The van der Waals surface area contributed by atoms with E-state index in [0.29, 0.717) is 6.04 Å². The van der Waals surface area contributed by atoms with Gasteiger partial charge in [-0.3, -0.25) is 4.90 Å². The Morgan fingerprint density at radius 1 is 1.58 bits per heavy atom. The van der Waals surface area contributed by atoms with Crippen LogP contribution < -0.4 is 5.73 Å². The van der Waals surface area contributed by atoms with E-state index in [9.17, 15) is 0 Å². The number of nitrogens with two attached hydrogens (primary N) is 1. The lowest BCUT2D eigenvalue weighted by Crippen LogP contribution is -2.51. The first kappa shape index (κ1) is 12.1. The highest BCUT2D eigenvalue weighted by Crippen LogP contribution is 2.09. The lowest BCUT2D eigenvalue weighted by atomic mass is 10.2. The average Bonchev–Trinajstić information content (AvgIpc) is 2.04. The van der Waals surface area contributed by atoms with Crippen molar-refractivity contribution in [2.45, 2.75) is 31.7 Å². The summed E-state index contributed by atoms with van der Waals surface area (Å²) < 4.78 is 5.28. The van der Waals surface area contributed by atoms with Gasteiger partial charge in [-0.15, -0.1) is 0 Å². The molecule has 0 spiro atoms. The Hall–Kier alpha value is 0.0969. The quantitative estimate of drug-likeness (QED) is 0.465. The molecule has 0 aliphatic heterocycles. The molecule has 0 radical (unpaired) electrons. The van der Waals surface area contributed by atoms with E-state index in [1.54, 1.807) is 7.11 Å². The summed E-state index contributed by atoms with van der Waals surface area (Å²) in [4.78, 5) is 2.21. The van der Waals surface area contributed by atoms with E-state index in [4.69, 9.17) is 10.5 Å². The van der Waals surface area contributed by atoms with Crippen LogP contribution in [0.15, 0.2) is 0 Å². The van der Waals surface area contributed by atoms with E-state index in [1.165, 1.54) is 0 Å². The first-order valence-corrected chi connectivity index (χ1v) is 5.91. The molecule has 0 amide bonds. The molecule has 2 N–H and O–H groups in total. The van der Waals surface area contributed by atoms with Gasteiger partial charge in [0, 0.05) is 29.9 Å². The number of hydrogen-bond acceptors (Lipinski definition) is 3. The second-order valence-electron chi connectivity index (χ2n) is 3.63. The minimum Gasteiger partial charge on any atom is -0.363 e. The SMILES string of the molecule is CO[C@](N)(C[SiH3])CN(C)C(C)C. The van der Waals surface area contributed by atoms with Crippen LogP contribution in [0.5, 0.6) is 0 Å². The molecule has 0 aromatic rings. The Kier molecular flexibility index (Phi) is 5.00. The number of rotatable bonds is 5. The van der Waals surface area contributed by atoms with Gasteiger partial charge in [-0.2, -0.15) is 0 Å². The van der Waals surface area contributed by atoms with Crippen LogP contribution in [-0.2, 0) is 4.74 Å². The van der Waals surface area contributed by atoms with Crippen molar-refractivity contribution in [3.63, 3.8) is 0 Å². The fourth-order valence-corrected chi connectivity index (χ4v) is 1.44. The van der Waals surface area contributed by atoms with E-state index >= 15 is 0 Å². The van der Waals surface area contributed by atoms with Crippen molar-refractivity contribution in [3.8, 4) is 0 Å². The van der Waals surface area contributed by atoms with Gasteiger partial charge in [0.05, 0.1) is 0 Å². The fraction of sp³-hybridized carbons (Fsp3) is 1.00. The third-order valence-corrected chi connectivity index (χ3v) is 3.60. The van der Waals surface area contributed by atoms with Crippen molar-refractivity contribution in [3.05, 3.63) is 0 Å². The highest BCUT2D eigenvalue weighted by atomic mass is 28.1. The zero-order valence-corrected chi connectivity index (χ0v) is 10.9. The number of ether oxygens (including phenoxy) is 1. The van der Waals surface area contributed by atoms with E-state index in [-0.39, 0.29) is 0 Å². The van der Waals surface area contributed by atoms with Crippen molar-refractivity contribution in [2.24, 2.45) is 5.73 Å². The summed E-state index contributed by atoms with van der Waals surface area (Å²) in [5, 5.41) is 0. The molecule has 0 unspecified atom stereocenters. The van der Waals surface area contributed by atoms with Gasteiger partial charge in [-0.05, 0) is 26.9 Å². The fourth-order valence-electron chi connectivity index (χ4n) is 0.925. The summed E-state index contributed by atoms with van der Waals surface area (Å²) in [6, 6.07) is 1.50. The van der Waals surface area contributed by atoms with Crippen LogP contribution in [0, 0.1) is 0 Å². The Balaban J connectivity index is 4.02. The van der Waals surface area contributed by atoms with Crippen LogP contribution in [0.2, 0.25) is 6.04 Å². The number of hydrogen-bond donors (Lipinski definition) is 1. The lowest BCUT2D eigenvalue weighted by molar-refractivity contribution is -0.0170. The highest BCUT2D eigenvalue weighted by Gasteiger charge is 2.24. The van der Waals surface area contributed by atoms with Gasteiger partial charge in [0.25, 0.3) is 0 Å². The molecule has 1 atom stereocenters. The Morgan fingerprint density at radius 2 is 2.08 bits per heavy atom. The van der Waals surface area contributed by atoms with Gasteiger partial charge in [-0.25, -0.2) is 0 Å². The standard InChI is InChI=1S/C8H22N2OSi/c1-7(2)10(3)5-8(9,6-12)11-4/h7H,5-6,9H2,1-4,12H3/t8-/m0/s1. The topological polar surface area (TPSA) is 38.5 Å². The molecule has 4 heteroatoms. The predicted octanol–water partition coefficient (Wildman–Crippen LogP) is -0.588. The van der Waals surface area contributed by atoms with Crippen LogP contribution in [0.3, 0.4) is 0 Å². The lowest BCUT2D eigenvalue weighted by Gasteiger charge is -2.33. The molecule has 0 rings (SSSR count). The number of nitrogens with zero attached hydrogens (tertiary/aromatic N) is 1. The van der Waals surface area contributed by atoms with Gasteiger partial charge >= 0.3 is 0 Å². The number of likely N-dealkylation sites (N-methyl/N-ethyl adjacent to an activating group) is 1.